The largest absolute Gasteiger partial charge is 0.467 e. The Balaban J connectivity index is 2.64. The molecule has 0 aromatic heterocycles. The zero-order valence-corrected chi connectivity index (χ0v) is 13.2. The number of methoxy groups -OCH3 is 1. The van der Waals surface area contributed by atoms with E-state index in [0.717, 1.165) is 5.56 Å². The molecule has 114 valence electrons. The molecule has 1 aromatic carbocycles. The SMILES string of the molecule is COC(=O)[C@@H](CC(C)C)NC(=O)/C=C/c1ccc(Cl)cc1. The minimum Gasteiger partial charge on any atom is -0.467 e. The first-order valence-electron chi connectivity index (χ1n) is 6.74. The standard InChI is InChI=1S/C16H20ClNO3/c1-11(2)10-14(16(20)21-3)18-15(19)9-6-12-4-7-13(17)8-5-12/h4-9,11,14H,10H2,1-3H3,(H,18,19)/b9-6+/t14-/m1/s1. The summed E-state index contributed by atoms with van der Waals surface area (Å²) in [4.78, 5) is 23.5. The van der Waals surface area contributed by atoms with E-state index in [2.05, 4.69) is 5.32 Å². The van der Waals surface area contributed by atoms with Gasteiger partial charge in [-0.2, -0.15) is 0 Å². The smallest absolute Gasteiger partial charge is 0.328 e. The Bertz CT molecular complexity index is 509. The van der Waals surface area contributed by atoms with E-state index in [9.17, 15) is 9.59 Å². The van der Waals surface area contributed by atoms with Gasteiger partial charge >= 0.3 is 5.97 Å². The van der Waals surface area contributed by atoms with Crippen molar-refractivity contribution in [1.29, 1.82) is 0 Å². The van der Waals surface area contributed by atoms with Crippen molar-refractivity contribution in [2.24, 2.45) is 5.92 Å². The number of amides is 1. The molecule has 0 aliphatic carbocycles. The maximum atomic E-state index is 11.9. The van der Waals surface area contributed by atoms with Crippen LogP contribution in [0.4, 0.5) is 0 Å². The van der Waals surface area contributed by atoms with Crippen molar-refractivity contribution in [1.82, 2.24) is 5.32 Å². The van der Waals surface area contributed by atoms with Gasteiger partial charge in [0.25, 0.3) is 0 Å². The van der Waals surface area contributed by atoms with E-state index in [1.54, 1.807) is 30.3 Å². The molecule has 0 radical (unpaired) electrons. The number of carbonyl (C=O) groups is 2. The van der Waals surface area contributed by atoms with Crippen LogP contribution in [-0.2, 0) is 14.3 Å². The van der Waals surface area contributed by atoms with E-state index in [4.69, 9.17) is 16.3 Å². The lowest BCUT2D eigenvalue weighted by molar-refractivity contribution is -0.145. The normalized spacial score (nSPS) is 12.4. The molecule has 0 unspecified atom stereocenters. The van der Waals surface area contributed by atoms with E-state index in [1.165, 1.54) is 13.2 Å². The van der Waals surface area contributed by atoms with Crippen LogP contribution in [0.5, 0.6) is 0 Å². The van der Waals surface area contributed by atoms with Crippen molar-refractivity contribution < 1.29 is 14.3 Å². The van der Waals surface area contributed by atoms with Crippen molar-refractivity contribution in [3.8, 4) is 0 Å². The summed E-state index contributed by atoms with van der Waals surface area (Å²) in [7, 11) is 1.31. The molecule has 0 saturated carbocycles. The van der Waals surface area contributed by atoms with Crippen molar-refractivity contribution in [3.05, 3.63) is 40.9 Å². The lowest BCUT2D eigenvalue weighted by Crippen LogP contribution is -2.41. The molecule has 1 amide bonds. The lowest BCUT2D eigenvalue weighted by atomic mass is 10.0. The third-order valence-electron chi connectivity index (χ3n) is 2.81. The first-order chi connectivity index (χ1) is 9.92. The summed E-state index contributed by atoms with van der Waals surface area (Å²) in [6.45, 7) is 3.96. The van der Waals surface area contributed by atoms with Crippen LogP contribution in [0.15, 0.2) is 30.3 Å². The number of rotatable bonds is 6. The van der Waals surface area contributed by atoms with Gasteiger partial charge in [-0.05, 0) is 36.1 Å². The Morgan fingerprint density at radius 1 is 1.29 bits per heavy atom. The number of hydrogen-bond acceptors (Lipinski definition) is 3. The van der Waals surface area contributed by atoms with Gasteiger partial charge in [-0.1, -0.05) is 37.6 Å². The molecule has 1 rings (SSSR count). The maximum Gasteiger partial charge on any atom is 0.328 e. The molecule has 0 aliphatic rings. The Morgan fingerprint density at radius 3 is 2.43 bits per heavy atom. The Labute approximate surface area is 130 Å². The van der Waals surface area contributed by atoms with Gasteiger partial charge in [0.2, 0.25) is 5.91 Å². The number of ether oxygens (including phenoxy) is 1. The highest BCUT2D eigenvalue weighted by Gasteiger charge is 2.21. The minimum absolute atomic E-state index is 0.273. The first-order valence-corrected chi connectivity index (χ1v) is 7.12. The first kappa shape index (κ1) is 17.2. The average Bonchev–Trinajstić information content (AvgIpc) is 2.44. The van der Waals surface area contributed by atoms with Crippen LogP contribution < -0.4 is 5.32 Å². The third-order valence-corrected chi connectivity index (χ3v) is 3.06. The molecule has 1 N–H and O–H groups in total. The highest BCUT2D eigenvalue weighted by atomic mass is 35.5. The van der Waals surface area contributed by atoms with E-state index >= 15 is 0 Å². The second-order valence-electron chi connectivity index (χ2n) is 5.10. The maximum absolute atomic E-state index is 11.9. The lowest BCUT2D eigenvalue weighted by Gasteiger charge is -2.17. The van der Waals surface area contributed by atoms with Crippen LogP contribution in [0.25, 0.3) is 6.08 Å². The van der Waals surface area contributed by atoms with Crippen LogP contribution in [0.2, 0.25) is 5.02 Å². The van der Waals surface area contributed by atoms with Crippen molar-refractivity contribution in [3.63, 3.8) is 0 Å². The van der Waals surface area contributed by atoms with Gasteiger partial charge in [-0.3, -0.25) is 4.79 Å². The molecule has 0 heterocycles. The fourth-order valence-electron chi connectivity index (χ4n) is 1.79. The van der Waals surface area contributed by atoms with Crippen molar-refractivity contribution in [2.45, 2.75) is 26.3 Å². The highest BCUT2D eigenvalue weighted by Crippen LogP contribution is 2.11. The second kappa shape index (κ2) is 8.47. The molecule has 0 spiro atoms. The fraction of sp³-hybridized carbons (Fsp3) is 0.375. The molecule has 1 aromatic rings. The highest BCUT2D eigenvalue weighted by molar-refractivity contribution is 6.30. The summed E-state index contributed by atoms with van der Waals surface area (Å²) in [6, 6.07) is 6.47. The van der Waals surface area contributed by atoms with Gasteiger partial charge < -0.3 is 10.1 Å². The molecule has 21 heavy (non-hydrogen) atoms. The predicted molar refractivity (Wildman–Crippen MR) is 83.9 cm³/mol. The van der Waals surface area contributed by atoms with Crippen LogP contribution in [0, 0.1) is 5.92 Å². The monoisotopic (exact) mass is 309 g/mol. The topological polar surface area (TPSA) is 55.4 Å². The van der Waals surface area contributed by atoms with Gasteiger partial charge in [-0.15, -0.1) is 0 Å². The van der Waals surface area contributed by atoms with Crippen LogP contribution in [0.1, 0.15) is 25.8 Å². The number of carbonyl (C=O) groups excluding carboxylic acids is 2. The number of halogens is 1. The summed E-state index contributed by atoms with van der Waals surface area (Å²) in [5, 5.41) is 3.29. The third kappa shape index (κ3) is 6.45. The van der Waals surface area contributed by atoms with E-state index in [0.29, 0.717) is 11.4 Å². The molecule has 0 bridgehead atoms. The summed E-state index contributed by atoms with van der Waals surface area (Å²) < 4.78 is 4.70. The summed E-state index contributed by atoms with van der Waals surface area (Å²) in [5.74, 6) is -0.493. The van der Waals surface area contributed by atoms with Crippen LogP contribution in [-0.4, -0.2) is 25.0 Å². The number of nitrogens with one attached hydrogen (secondary N) is 1. The van der Waals surface area contributed by atoms with Gasteiger partial charge in [0.05, 0.1) is 7.11 Å². The second-order valence-corrected chi connectivity index (χ2v) is 5.54. The Hall–Kier alpha value is -1.81. The number of benzene rings is 1. The minimum atomic E-state index is -0.627. The van der Waals surface area contributed by atoms with Crippen molar-refractivity contribution in [2.75, 3.05) is 7.11 Å². The molecular weight excluding hydrogens is 290 g/mol. The zero-order valence-electron chi connectivity index (χ0n) is 12.4. The van der Waals surface area contributed by atoms with Crippen molar-refractivity contribution >= 4 is 29.6 Å². The average molecular weight is 310 g/mol. The molecule has 4 nitrogen and oxygen atoms in total. The van der Waals surface area contributed by atoms with Crippen LogP contribution >= 0.6 is 11.6 Å². The summed E-state index contributed by atoms with van der Waals surface area (Å²) in [5.41, 5.74) is 0.855. The molecule has 0 aliphatic heterocycles. The molecule has 0 fully saturated rings. The van der Waals surface area contributed by atoms with E-state index in [1.807, 2.05) is 13.8 Å². The van der Waals surface area contributed by atoms with Gasteiger partial charge in [-0.25, -0.2) is 4.79 Å². The summed E-state index contributed by atoms with van der Waals surface area (Å²) in [6.07, 6.45) is 3.59. The molecule has 1 atom stereocenters. The molecule has 0 saturated heterocycles. The van der Waals surface area contributed by atoms with Gasteiger partial charge in [0, 0.05) is 11.1 Å². The predicted octanol–water partition coefficient (Wildman–Crippen LogP) is 3.06. The number of hydrogen-bond donors (Lipinski definition) is 1. The number of esters is 1. The van der Waals surface area contributed by atoms with E-state index < -0.39 is 12.0 Å². The molecular formula is C16H20ClNO3. The Morgan fingerprint density at radius 2 is 1.90 bits per heavy atom. The Kier molecular flexibility index (Phi) is 6.96. The van der Waals surface area contributed by atoms with Gasteiger partial charge in [0.15, 0.2) is 0 Å². The molecule has 5 heteroatoms. The zero-order chi connectivity index (χ0) is 15.8. The van der Waals surface area contributed by atoms with Crippen LogP contribution in [0.3, 0.4) is 0 Å². The van der Waals surface area contributed by atoms with Gasteiger partial charge in [0.1, 0.15) is 6.04 Å². The quantitative estimate of drug-likeness (QED) is 0.649. The fourth-order valence-corrected chi connectivity index (χ4v) is 1.92. The summed E-state index contributed by atoms with van der Waals surface area (Å²) >= 11 is 5.79. The van der Waals surface area contributed by atoms with E-state index in [-0.39, 0.29) is 11.8 Å².